The summed E-state index contributed by atoms with van der Waals surface area (Å²) in [5, 5.41) is 18.6. The van der Waals surface area contributed by atoms with E-state index in [1.54, 1.807) is 6.07 Å². The minimum atomic E-state index is -0.504. The van der Waals surface area contributed by atoms with Crippen molar-refractivity contribution in [3.8, 4) is 5.75 Å². The van der Waals surface area contributed by atoms with Crippen molar-refractivity contribution in [3.05, 3.63) is 54.1 Å². The summed E-state index contributed by atoms with van der Waals surface area (Å²) in [5.41, 5.74) is 2.32. The van der Waals surface area contributed by atoms with E-state index >= 15 is 0 Å². The average Bonchev–Trinajstić information content (AvgIpc) is 3.58. The second-order valence-electron chi connectivity index (χ2n) is 9.05. The molecule has 1 saturated heterocycles. The number of amides is 3. The van der Waals surface area contributed by atoms with E-state index in [2.05, 4.69) is 16.0 Å². The Bertz CT molecular complexity index is 1010. The number of nitrogens with one attached hydrogen (secondary N) is 3. The molecule has 5 rings (SSSR count). The molecule has 174 valence electrons. The molecule has 33 heavy (non-hydrogen) atoms. The number of rotatable bonds is 7. The lowest BCUT2D eigenvalue weighted by molar-refractivity contribution is -0.142. The molecular weight excluding hydrogens is 422 g/mol. The molecule has 2 fully saturated rings. The number of hydrogen-bond acceptors (Lipinski definition) is 5. The van der Waals surface area contributed by atoms with Crippen molar-refractivity contribution in [1.29, 1.82) is 0 Å². The van der Waals surface area contributed by atoms with Crippen molar-refractivity contribution < 1.29 is 24.2 Å². The highest BCUT2D eigenvalue weighted by atomic mass is 16.6. The number of fused-ring (bicyclic) bond motifs is 3. The van der Waals surface area contributed by atoms with Crippen molar-refractivity contribution in [2.75, 3.05) is 23.8 Å². The van der Waals surface area contributed by atoms with Gasteiger partial charge in [0.2, 0.25) is 5.91 Å². The quantitative estimate of drug-likeness (QED) is 0.517. The number of urea groups is 1. The van der Waals surface area contributed by atoms with Gasteiger partial charge in [-0.2, -0.15) is 0 Å². The molecule has 8 nitrogen and oxygen atoms in total. The highest BCUT2D eigenvalue weighted by molar-refractivity contribution is 5.99. The third-order valence-corrected chi connectivity index (χ3v) is 6.49. The van der Waals surface area contributed by atoms with Crippen molar-refractivity contribution in [1.82, 2.24) is 5.32 Å². The Morgan fingerprint density at radius 1 is 1.03 bits per heavy atom. The number of ether oxygens (including phenoxy) is 2. The summed E-state index contributed by atoms with van der Waals surface area (Å²) >= 11 is 0. The number of hydrogen-bond donors (Lipinski definition) is 4. The molecule has 0 unspecified atom stereocenters. The van der Waals surface area contributed by atoms with Crippen molar-refractivity contribution >= 4 is 23.3 Å². The second-order valence-corrected chi connectivity index (χ2v) is 9.05. The first-order chi connectivity index (χ1) is 16.1. The maximum Gasteiger partial charge on any atom is 0.323 e. The van der Waals surface area contributed by atoms with Gasteiger partial charge in [0.05, 0.1) is 19.1 Å². The van der Waals surface area contributed by atoms with Crippen molar-refractivity contribution in [2.24, 2.45) is 5.92 Å². The minimum absolute atomic E-state index is 0.0193. The summed E-state index contributed by atoms with van der Waals surface area (Å²) in [6.45, 7) is 0.549. The van der Waals surface area contributed by atoms with Crippen LogP contribution in [0.1, 0.15) is 37.2 Å². The molecule has 3 amide bonds. The zero-order valence-corrected chi connectivity index (χ0v) is 18.3. The average molecular weight is 452 g/mol. The van der Waals surface area contributed by atoms with Gasteiger partial charge in [0, 0.05) is 29.4 Å². The van der Waals surface area contributed by atoms with Crippen LogP contribution in [0.5, 0.6) is 5.75 Å². The molecule has 8 heteroatoms. The standard InChI is InChI=1S/C25H29N3O5/c29-14-22-24-20(11-18(32-22)12-23(30)26-13-15-6-7-15)19-10-17(8-9-21(19)33-24)28-25(31)27-16-4-2-1-3-5-16/h1-5,8-10,15,18,20,22,24,29H,6-7,11-14H2,(H,26,30)(H2,27,28,31)/t18-,20-,22-,24+/m1/s1. The second kappa shape index (κ2) is 9.41. The summed E-state index contributed by atoms with van der Waals surface area (Å²) in [6.07, 6.45) is 2.13. The monoisotopic (exact) mass is 451 g/mol. The third kappa shape index (κ3) is 5.12. The van der Waals surface area contributed by atoms with Gasteiger partial charge in [-0.15, -0.1) is 0 Å². The molecule has 3 aliphatic rings. The summed E-state index contributed by atoms with van der Waals surface area (Å²) in [6, 6.07) is 14.4. The van der Waals surface area contributed by atoms with Gasteiger partial charge in [-0.05, 0) is 55.5 Å². The van der Waals surface area contributed by atoms with E-state index in [1.165, 1.54) is 12.8 Å². The van der Waals surface area contributed by atoms with E-state index in [0.29, 0.717) is 23.7 Å². The van der Waals surface area contributed by atoms with Crippen LogP contribution in [0, 0.1) is 5.92 Å². The van der Waals surface area contributed by atoms with Crippen LogP contribution < -0.4 is 20.7 Å². The molecule has 0 bridgehead atoms. The summed E-state index contributed by atoms with van der Waals surface area (Å²) in [7, 11) is 0. The lowest BCUT2D eigenvalue weighted by Crippen LogP contribution is -2.47. The van der Waals surface area contributed by atoms with Crippen molar-refractivity contribution in [3.63, 3.8) is 0 Å². The summed E-state index contributed by atoms with van der Waals surface area (Å²) < 4.78 is 12.1. The van der Waals surface area contributed by atoms with E-state index in [4.69, 9.17) is 9.47 Å². The highest BCUT2D eigenvalue weighted by Crippen LogP contribution is 2.47. The molecule has 4 atom stereocenters. The van der Waals surface area contributed by atoms with Gasteiger partial charge in [-0.3, -0.25) is 4.79 Å². The van der Waals surface area contributed by atoms with E-state index in [-0.39, 0.29) is 43.1 Å². The number of anilines is 2. The summed E-state index contributed by atoms with van der Waals surface area (Å²) in [5.74, 6) is 1.30. The fourth-order valence-corrected chi connectivity index (χ4v) is 4.64. The van der Waals surface area contributed by atoms with Gasteiger partial charge < -0.3 is 30.5 Å². The Morgan fingerprint density at radius 3 is 2.58 bits per heavy atom. The topological polar surface area (TPSA) is 109 Å². The normalized spacial score (nSPS) is 25.4. The lowest BCUT2D eigenvalue weighted by atomic mass is 9.84. The molecule has 0 radical (unpaired) electrons. The van der Waals surface area contributed by atoms with Crippen molar-refractivity contribution in [2.45, 2.75) is 49.9 Å². The number of carbonyl (C=O) groups is 2. The van der Waals surface area contributed by atoms with Gasteiger partial charge >= 0.3 is 6.03 Å². The Kier molecular flexibility index (Phi) is 6.20. The number of carbonyl (C=O) groups excluding carboxylic acids is 2. The first kappa shape index (κ1) is 21.7. The van der Waals surface area contributed by atoms with Gasteiger partial charge in [0.1, 0.15) is 18.0 Å². The predicted molar refractivity (Wildman–Crippen MR) is 123 cm³/mol. The fourth-order valence-electron chi connectivity index (χ4n) is 4.64. The molecule has 2 heterocycles. The van der Waals surface area contributed by atoms with Gasteiger partial charge in [-0.1, -0.05) is 18.2 Å². The molecule has 2 aliphatic heterocycles. The highest BCUT2D eigenvalue weighted by Gasteiger charge is 2.46. The first-order valence-electron chi connectivity index (χ1n) is 11.6. The van der Waals surface area contributed by atoms with E-state index < -0.39 is 6.10 Å². The largest absolute Gasteiger partial charge is 0.487 e. The van der Waals surface area contributed by atoms with Crippen LogP contribution >= 0.6 is 0 Å². The number of benzene rings is 2. The third-order valence-electron chi connectivity index (χ3n) is 6.49. The lowest BCUT2D eigenvalue weighted by Gasteiger charge is -2.37. The molecule has 2 aromatic rings. The van der Waals surface area contributed by atoms with Crippen LogP contribution in [-0.4, -0.2) is 48.5 Å². The maximum atomic E-state index is 12.4. The molecule has 2 aromatic carbocycles. The van der Waals surface area contributed by atoms with Gasteiger partial charge in [-0.25, -0.2) is 4.79 Å². The van der Waals surface area contributed by atoms with E-state index in [1.807, 2.05) is 42.5 Å². The Morgan fingerprint density at radius 2 is 1.82 bits per heavy atom. The van der Waals surface area contributed by atoms with Crippen LogP contribution in [0.4, 0.5) is 16.2 Å². The Labute approximate surface area is 192 Å². The van der Waals surface area contributed by atoms with Crippen LogP contribution in [0.15, 0.2) is 48.5 Å². The molecule has 0 aromatic heterocycles. The van der Waals surface area contributed by atoms with Crippen LogP contribution in [0.25, 0.3) is 0 Å². The molecule has 1 aliphatic carbocycles. The summed E-state index contributed by atoms with van der Waals surface area (Å²) in [4.78, 5) is 24.8. The van der Waals surface area contributed by atoms with E-state index in [9.17, 15) is 14.7 Å². The van der Waals surface area contributed by atoms with Gasteiger partial charge in [0.15, 0.2) is 0 Å². The smallest absolute Gasteiger partial charge is 0.323 e. The number of para-hydroxylation sites is 1. The molecule has 0 spiro atoms. The zero-order chi connectivity index (χ0) is 22.8. The number of aliphatic hydroxyl groups excluding tert-OH is 1. The predicted octanol–water partition coefficient (Wildman–Crippen LogP) is 3.24. The first-order valence-corrected chi connectivity index (χ1v) is 11.6. The van der Waals surface area contributed by atoms with Crippen LogP contribution in [0.2, 0.25) is 0 Å². The minimum Gasteiger partial charge on any atom is -0.487 e. The molecule has 4 N–H and O–H groups in total. The van der Waals surface area contributed by atoms with Gasteiger partial charge in [0.25, 0.3) is 0 Å². The SMILES string of the molecule is O=C(C[C@H]1C[C@@H]2c3cc(NC(=O)Nc4ccccc4)ccc3O[C@@H]2[C@@H](CO)O1)NCC1CC1. The maximum absolute atomic E-state index is 12.4. The molecule has 1 saturated carbocycles. The van der Waals surface area contributed by atoms with Crippen LogP contribution in [-0.2, 0) is 9.53 Å². The van der Waals surface area contributed by atoms with E-state index in [0.717, 1.165) is 17.9 Å². The fraction of sp³-hybridized carbons (Fsp3) is 0.440. The Balaban J connectivity index is 1.25. The Hall–Kier alpha value is -3.10. The molecular formula is C25H29N3O5. The number of aliphatic hydroxyl groups is 1. The van der Waals surface area contributed by atoms with Crippen LogP contribution in [0.3, 0.4) is 0 Å². The zero-order valence-electron chi connectivity index (χ0n) is 18.3.